The molecule has 1 rings (SSSR count). The van der Waals surface area contributed by atoms with Crippen molar-refractivity contribution in [3.8, 4) is 0 Å². The Labute approximate surface area is 125 Å². The van der Waals surface area contributed by atoms with Crippen LogP contribution in [0.1, 0.15) is 45.4 Å². The van der Waals surface area contributed by atoms with E-state index < -0.39 is 33.5 Å². The van der Waals surface area contributed by atoms with Crippen molar-refractivity contribution in [2.75, 3.05) is 13.1 Å². The van der Waals surface area contributed by atoms with Crippen LogP contribution >= 0.6 is 0 Å². The topological polar surface area (TPSA) is 37.4 Å². The zero-order chi connectivity index (χ0) is 17.2. The molecule has 1 aliphatic heterocycles. The molecule has 10 heteroatoms. The first kappa shape index (κ1) is 19.5. The second kappa shape index (κ2) is 6.54. The van der Waals surface area contributed by atoms with Crippen LogP contribution in [0.5, 0.6) is 0 Å². The highest BCUT2D eigenvalue weighted by molar-refractivity contribution is 7.90. The van der Waals surface area contributed by atoms with Gasteiger partial charge in [-0.1, -0.05) is 26.2 Å². The smallest absolute Gasteiger partial charge is 0.206 e. The van der Waals surface area contributed by atoms with E-state index in [1.54, 1.807) is 0 Å². The van der Waals surface area contributed by atoms with E-state index in [0.717, 1.165) is 6.42 Å². The highest BCUT2D eigenvalue weighted by Crippen LogP contribution is 2.50. The molecule has 0 aromatic heterocycles. The Hall–Kier alpha value is -0.510. The second-order valence-corrected chi connectivity index (χ2v) is 7.30. The molecular formula is C12H19F6NO2S. The number of alkyl halides is 6. The van der Waals surface area contributed by atoms with Gasteiger partial charge in [0.2, 0.25) is 0 Å². The third-order valence-electron chi connectivity index (χ3n) is 3.75. The van der Waals surface area contributed by atoms with Gasteiger partial charge in [-0.15, -0.1) is 0 Å². The normalized spacial score (nSPS) is 20.5. The molecule has 0 aliphatic carbocycles. The van der Waals surface area contributed by atoms with Crippen molar-refractivity contribution in [2.24, 2.45) is 0 Å². The lowest BCUT2D eigenvalue weighted by Gasteiger charge is -2.35. The van der Waals surface area contributed by atoms with Crippen molar-refractivity contribution >= 4 is 10.0 Å². The van der Waals surface area contributed by atoms with E-state index in [1.165, 1.54) is 0 Å². The Morgan fingerprint density at radius 3 is 1.68 bits per heavy atom. The van der Waals surface area contributed by atoms with Crippen LogP contribution in [0, 0.1) is 0 Å². The van der Waals surface area contributed by atoms with Gasteiger partial charge >= 0.3 is 17.1 Å². The zero-order valence-electron chi connectivity index (χ0n) is 12.1. The highest BCUT2D eigenvalue weighted by Gasteiger charge is 2.77. The van der Waals surface area contributed by atoms with Gasteiger partial charge in [0.15, 0.2) is 0 Å². The lowest BCUT2D eigenvalue weighted by Crippen LogP contribution is -2.61. The van der Waals surface area contributed by atoms with Crippen LogP contribution in [0.4, 0.5) is 26.3 Å². The number of rotatable bonds is 5. The maximum absolute atomic E-state index is 13.8. The fourth-order valence-corrected chi connectivity index (χ4v) is 3.75. The van der Waals surface area contributed by atoms with Crippen molar-refractivity contribution in [1.29, 1.82) is 0 Å². The Kier molecular flexibility index (Phi) is 5.81. The molecule has 0 atom stereocenters. The number of hydrogen-bond donors (Lipinski definition) is 0. The minimum absolute atomic E-state index is 0.214. The SMILES string of the molecule is CCC(F)(F)C(F)(F)C(F)(F)S(=O)(=O)N1CCCCCCC1. The standard InChI is InChI=1S/C12H19F6NO2S/c1-2-10(13,14)11(15,16)12(17,18)22(20,21)19-8-6-4-3-5-7-9-19/h2-9H2,1H3. The van der Waals surface area contributed by atoms with Gasteiger partial charge in [-0.2, -0.15) is 30.6 Å². The van der Waals surface area contributed by atoms with E-state index in [4.69, 9.17) is 0 Å². The van der Waals surface area contributed by atoms with Crippen LogP contribution in [0.2, 0.25) is 0 Å². The first-order valence-corrected chi connectivity index (χ1v) is 8.49. The molecule has 0 saturated carbocycles. The van der Waals surface area contributed by atoms with E-state index in [-0.39, 0.29) is 30.2 Å². The Balaban J connectivity index is 3.17. The molecule has 3 nitrogen and oxygen atoms in total. The average molecular weight is 355 g/mol. The van der Waals surface area contributed by atoms with Crippen molar-refractivity contribution in [3.05, 3.63) is 0 Å². The minimum Gasteiger partial charge on any atom is -0.206 e. The van der Waals surface area contributed by atoms with E-state index >= 15 is 0 Å². The Bertz CT molecular complexity index is 472. The lowest BCUT2D eigenvalue weighted by atomic mass is 10.1. The number of nitrogens with zero attached hydrogens (tertiary/aromatic N) is 1. The van der Waals surface area contributed by atoms with E-state index in [0.29, 0.717) is 19.8 Å². The molecule has 0 N–H and O–H groups in total. The number of hydrogen-bond acceptors (Lipinski definition) is 2. The maximum atomic E-state index is 13.8. The van der Waals surface area contributed by atoms with E-state index in [1.807, 2.05) is 0 Å². The minimum atomic E-state index is -5.98. The van der Waals surface area contributed by atoms with Crippen LogP contribution in [0.3, 0.4) is 0 Å². The molecule has 22 heavy (non-hydrogen) atoms. The summed E-state index contributed by atoms with van der Waals surface area (Å²) in [6.45, 7) is -0.149. The summed E-state index contributed by atoms with van der Waals surface area (Å²) in [6.07, 6.45) is 0.785. The largest absolute Gasteiger partial charge is 0.427 e. The van der Waals surface area contributed by atoms with Gasteiger partial charge in [-0.3, -0.25) is 0 Å². The van der Waals surface area contributed by atoms with Crippen LogP contribution in [0.25, 0.3) is 0 Å². The summed E-state index contributed by atoms with van der Waals surface area (Å²) < 4.78 is 105. The van der Waals surface area contributed by atoms with Gasteiger partial charge < -0.3 is 0 Å². The van der Waals surface area contributed by atoms with Gasteiger partial charge in [-0.05, 0) is 12.8 Å². The monoisotopic (exact) mass is 355 g/mol. The van der Waals surface area contributed by atoms with Crippen molar-refractivity contribution in [2.45, 2.75) is 62.5 Å². The summed E-state index contributed by atoms with van der Waals surface area (Å²) in [5.74, 6) is -11.1. The van der Waals surface area contributed by atoms with E-state index in [9.17, 15) is 34.8 Å². The summed E-state index contributed by atoms with van der Waals surface area (Å²) in [4.78, 5) is 0. The number of sulfonamides is 1. The lowest BCUT2D eigenvalue weighted by molar-refractivity contribution is -0.280. The first-order valence-electron chi connectivity index (χ1n) is 7.05. The zero-order valence-corrected chi connectivity index (χ0v) is 12.9. The quantitative estimate of drug-likeness (QED) is 0.703. The Morgan fingerprint density at radius 2 is 1.27 bits per heavy atom. The molecule has 1 saturated heterocycles. The van der Waals surface area contributed by atoms with Gasteiger partial charge in [0.25, 0.3) is 10.0 Å². The van der Waals surface area contributed by atoms with Crippen LogP contribution in [0.15, 0.2) is 0 Å². The predicted molar refractivity (Wildman–Crippen MR) is 68.7 cm³/mol. The summed E-state index contributed by atoms with van der Waals surface area (Å²) >= 11 is 0. The predicted octanol–water partition coefficient (Wildman–Crippen LogP) is 3.86. The third-order valence-corrected chi connectivity index (χ3v) is 5.70. The van der Waals surface area contributed by atoms with Crippen molar-refractivity contribution < 1.29 is 34.8 Å². The molecule has 0 aromatic carbocycles. The molecule has 0 aromatic rings. The summed E-state index contributed by atoms with van der Waals surface area (Å²) in [5, 5.41) is -5.86. The number of halogens is 6. The average Bonchev–Trinajstić information content (AvgIpc) is 2.37. The molecule has 132 valence electrons. The fourth-order valence-electron chi connectivity index (χ4n) is 2.22. The molecular weight excluding hydrogens is 336 g/mol. The summed E-state index contributed by atoms with van der Waals surface area (Å²) in [7, 11) is -5.88. The molecule has 0 amide bonds. The molecule has 1 heterocycles. The van der Waals surface area contributed by atoms with Gasteiger partial charge in [0.1, 0.15) is 0 Å². The van der Waals surface area contributed by atoms with E-state index in [2.05, 4.69) is 0 Å². The van der Waals surface area contributed by atoms with Gasteiger partial charge in [-0.25, -0.2) is 8.42 Å². The molecule has 1 aliphatic rings. The molecule has 0 bridgehead atoms. The van der Waals surface area contributed by atoms with Crippen LogP contribution < -0.4 is 0 Å². The summed E-state index contributed by atoms with van der Waals surface area (Å²) in [5.41, 5.74) is 0. The van der Waals surface area contributed by atoms with Crippen LogP contribution in [-0.2, 0) is 10.0 Å². The van der Waals surface area contributed by atoms with Crippen LogP contribution in [-0.4, -0.2) is 42.9 Å². The Morgan fingerprint density at radius 1 is 0.864 bits per heavy atom. The van der Waals surface area contributed by atoms with Crippen molar-refractivity contribution in [1.82, 2.24) is 4.31 Å². The molecule has 0 radical (unpaired) electrons. The fraction of sp³-hybridized carbons (Fsp3) is 1.00. The van der Waals surface area contributed by atoms with Gasteiger partial charge in [0, 0.05) is 19.5 Å². The maximum Gasteiger partial charge on any atom is 0.427 e. The molecule has 0 unspecified atom stereocenters. The van der Waals surface area contributed by atoms with Crippen molar-refractivity contribution in [3.63, 3.8) is 0 Å². The highest BCUT2D eigenvalue weighted by atomic mass is 32.2. The second-order valence-electron chi connectivity index (χ2n) is 5.32. The molecule has 0 spiro atoms. The third kappa shape index (κ3) is 3.22. The van der Waals surface area contributed by atoms with Gasteiger partial charge in [0.05, 0.1) is 0 Å². The first-order chi connectivity index (χ1) is 9.92. The molecule has 1 fully saturated rings. The summed E-state index contributed by atoms with van der Waals surface area (Å²) in [6, 6.07) is 0.